The van der Waals surface area contributed by atoms with Crippen molar-refractivity contribution in [3.63, 3.8) is 0 Å². The number of nitrogens with zero attached hydrogens (tertiary/aromatic N) is 2. The second-order valence-corrected chi connectivity index (χ2v) is 8.84. The second kappa shape index (κ2) is 9.82. The molecule has 0 saturated carbocycles. The Morgan fingerprint density at radius 1 is 0.886 bits per heavy atom. The van der Waals surface area contributed by atoms with Crippen molar-refractivity contribution in [3.05, 3.63) is 59.2 Å². The largest absolute Gasteiger partial charge is 0.461 e. The molecule has 2 aromatic carbocycles. The minimum atomic E-state index is -0.651. The number of rotatable bonds is 10. The number of esters is 1. The molecule has 2 heterocycles. The molecule has 0 bridgehead atoms. The summed E-state index contributed by atoms with van der Waals surface area (Å²) in [6.45, 7) is 7.53. The van der Waals surface area contributed by atoms with Gasteiger partial charge in [-0.15, -0.1) is 0 Å². The van der Waals surface area contributed by atoms with Gasteiger partial charge in [0.05, 0.1) is 6.54 Å². The van der Waals surface area contributed by atoms with Crippen molar-refractivity contribution < 1.29 is 28.7 Å². The lowest BCUT2D eigenvalue weighted by Crippen LogP contribution is -2.45. The summed E-state index contributed by atoms with van der Waals surface area (Å²) >= 11 is 0. The third-order valence-corrected chi connectivity index (χ3v) is 6.77. The van der Waals surface area contributed by atoms with Gasteiger partial charge in [0, 0.05) is 45.6 Å². The Labute approximate surface area is 203 Å². The van der Waals surface area contributed by atoms with Crippen LogP contribution in [0.2, 0.25) is 0 Å². The molecular formula is C27H28N2O6. The van der Waals surface area contributed by atoms with E-state index in [9.17, 15) is 24.0 Å². The first-order valence-corrected chi connectivity index (χ1v) is 11.9. The van der Waals surface area contributed by atoms with E-state index in [1.54, 1.807) is 12.1 Å². The van der Waals surface area contributed by atoms with Crippen LogP contribution < -0.4 is 0 Å². The van der Waals surface area contributed by atoms with Gasteiger partial charge in [-0.25, -0.2) is 4.79 Å². The smallest absolute Gasteiger partial charge is 0.330 e. The lowest BCUT2D eigenvalue weighted by atomic mass is 9.85. The van der Waals surface area contributed by atoms with E-state index < -0.39 is 29.6 Å². The monoisotopic (exact) mass is 476 g/mol. The topological polar surface area (TPSA) is 101 Å². The Morgan fingerprint density at radius 3 is 1.80 bits per heavy atom. The summed E-state index contributed by atoms with van der Waals surface area (Å²) in [5.41, 5.74) is 1.11. The normalized spacial score (nSPS) is 15.6. The number of benzene rings is 2. The molecule has 2 aliphatic rings. The maximum atomic E-state index is 13.4. The average molecular weight is 477 g/mol. The van der Waals surface area contributed by atoms with Crippen LogP contribution in [0.1, 0.15) is 81.0 Å². The van der Waals surface area contributed by atoms with Crippen molar-refractivity contribution in [3.8, 4) is 0 Å². The van der Waals surface area contributed by atoms with Crippen LogP contribution in [0.15, 0.2) is 36.9 Å². The molecule has 4 rings (SSSR count). The van der Waals surface area contributed by atoms with Crippen LogP contribution in [0, 0.1) is 5.92 Å². The van der Waals surface area contributed by atoms with Crippen LogP contribution in [-0.4, -0.2) is 59.1 Å². The Hall–Kier alpha value is -3.81. The molecule has 1 atom stereocenters. The molecule has 0 saturated heterocycles. The first kappa shape index (κ1) is 24.3. The summed E-state index contributed by atoms with van der Waals surface area (Å²) in [4.78, 5) is 66.7. The van der Waals surface area contributed by atoms with E-state index >= 15 is 0 Å². The number of ether oxygens (including phenoxy) is 1. The average Bonchev–Trinajstić information content (AvgIpc) is 2.87. The number of hydrogen-bond donors (Lipinski definition) is 0. The van der Waals surface area contributed by atoms with Gasteiger partial charge in [0.2, 0.25) is 0 Å². The molecule has 8 heteroatoms. The van der Waals surface area contributed by atoms with E-state index in [1.165, 1.54) is 17.0 Å². The van der Waals surface area contributed by atoms with Gasteiger partial charge in [-0.05, 0) is 36.6 Å². The van der Waals surface area contributed by atoms with Gasteiger partial charge in [-0.3, -0.25) is 29.0 Å². The molecule has 35 heavy (non-hydrogen) atoms. The highest BCUT2D eigenvalue weighted by molar-refractivity contribution is 6.33. The molecule has 2 aliphatic heterocycles. The third kappa shape index (κ3) is 4.13. The fourth-order valence-corrected chi connectivity index (χ4v) is 4.82. The molecule has 0 spiro atoms. The Balaban J connectivity index is 1.71. The zero-order chi connectivity index (χ0) is 25.3. The third-order valence-electron chi connectivity index (χ3n) is 6.77. The van der Waals surface area contributed by atoms with E-state index in [-0.39, 0.29) is 30.2 Å². The van der Waals surface area contributed by atoms with Gasteiger partial charge in [0.25, 0.3) is 23.6 Å². The van der Waals surface area contributed by atoms with E-state index in [0.717, 1.165) is 36.7 Å². The van der Waals surface area contributed by atoms with Gasteiger partial charge >= 0.3 is 5.97 Å². The zero-order valence-corrected chi connectivity index (χ0v) is 20.0. The molecule has 0 N–H and O–H groups in total. The molecule has 182 valence electrons. The van der Waals surface area contributed by atoms with E-state index in [2.05, 4.69) is 20.4 Å². The highest BCUT2D eigenvalue weighted by atomic mass is 16.5. The first-order chi connectivity index (χ1) is 16.8. The van der Waals surface area contributed by atoms with Crippen LogP contribution in [0.25, 0.3) is 10.8 Å². The van der Waals surface area contributed by atoms with Crippen LogP contribution in [0.3, 0.4) is 0 Å². The lowest BCUT2D eigenvalue weighted by molar-refractivity contribution is -0.137. The van der Waals surface area contributed by atoms with Gasteiger partial charge in [0.1, 0.15) is 6.61 Å². The number of carbonyl (C=O) groups excluding carboxylic acids is 5. The fourth-order valence-electron chi connectivity index (χ4n) is 4.82. The van der Waals surface area contributed by atoms with Crippen molar-refractivity contribution in [1.82, 2.24) is 9.80 Å². The molecular weight excluding hydrogens is 448 g/mol. The number of hydrogen-bond acceptors (Lipinski definition) is 6. The number of amides is 4. The zero-order valence-electron chi connectivity index (χ0n) is 20.0. The summed E-state index contributed by atoms with van der Waals surface area (Å²) in [6, 6.07) is 6.18. The summed E-state index contributed by atoms with van der Waals surface area (Å²) in [7, 11) is 0. The quantitative estimate of drug-likeness (QED) is 0.292. The van der Waals surface area contributed by atoms with E-state index in [4.69, 9.17) is 4.74 Å². The standard InChI is InChI=1S/C27H28N2O6/c1-4-7-8-16(5-2)15-29-26(33)19-11-9-17-22-18(10-12-20(23(19)22)27(29)34)25(32)28(24(17)31)13-14-35-21(30)6-3/h6,9-12,16H,3-5,7-8,13-15H2,1-2H3. The highest BCUT2D eigenvalue weighted by Gasteiger charge is 2.39. The predicted octanol–water partition coefficient (Wildman–Crippen LogP) is 3.98. The van der Waals surface area contributed by atoms with Crippen molar-refractivity contribution >= 4 is 40.4 Å². The van der Waals surface area contributed by atoms with Crippen molar-refractivity contribution in [1.29, 1.82) is 0 Å². The summed E-state index contributed by atoms with van der Waals surface area (Å²) in [6.07, 6.45) is 4.87. The maximum absolute atomic E-state index is 13.4. The number of unbranched alkanes of at least 4 members (excludes halogenated alkanes) is 1. The molecule has 0 aromatic heterocycles. The maximum Gasteiger partial charge on any atom is 0.330 e. The summed E-state index contributed by atoms with van der Waals surface area (Å²) < 4.78 is 4.92. The number of imide groups is 2. The van der Waals surface area contributed by atoms with Gasteiger partial charge in [0.15, 0.2) is 0 Å². The molecule has 4 amide bonds. The fraction of sp³-hybridized carbons (Fsp3) is 0.370. The van der Waals surface area contributed by atoms with Gasteiger partial charge in [-0.2, -0.15) is 0 Å². The lowest BCUT2D eigenvalue weighted by Gasteiger charge is -2.33. The van der Waals surface area contributed by atoms with Crippen LogP contribution in [0.5, 0.6) is 0 Å². The second-order valence-electron chi connectivity index (χ2n) is 8.84. The van der Waals surface area contributed by atoms with Crippen molar-refractivity contribution in [2.75, 3.05) is 19.7 Å². The van der Waals surface area contributed by atoms with E-state index in [0.29, 0.717) is 28.4 Å². The van der Waals surface area contributed by atoms with Gasteiger partial charge < -0.3 is 4.74 Å². The van der Waals surface area contributed by atoms with E-state index in [1.807, 2.05) is 0 Å². The summed E-state index contributed by atoms with van der Waals surface area (Å²) in [5.74, 6) is -2.37. The molecule has 0 fully saturated rings. The van der Waals surface area contributed by atoms with Crippen molar-refractivity contribution in [2.24, 2.45) is 5.92 Å². The summed E-state index contributed by atoms with van der Waals surface area (Å²) in [5, 5.41) is 0.681. The SMILES string of the molecule is C=CC(=O)OCCN1C(=O)c2ccc3c4c(ccc(c24)C1=O)C(=O)N(CC(CC)CCCC)C3=O. The van der Waals surface area contributed by atoms with Crippen LogP contribution >= 0.6 is 0 Å². The Bertz CT molecular complexity index is 1190. The molecule has 8 nitrogen and oxygen atoms in total. The minimum absolute atomic E-state index is 0.122. The Morgan fingerprint density at radius 2 is 1.37 bits per heavy atom. The predicted molar refractivity (Wildman–Crippen MR) is 129 cm³/mol. The first-order valence-electron chi connectivity index (χ1n) is 11.9. The highest BCUT2D eigenvalue weighted by Crippen LogP contribution is 2.38. The Kier molecular flexibility index (Phi) is 6.82. The molecule has 0 aliphatic carbocycles. The molecule has 0 radical (unpaired) electrons. The molecule has 1 unspecified atom stereocenters. The molecule has 2 aromatic rings. The number of carbonyl (C=O) groups is 5. The van der Waals surface area contributed by atoms with Gasteiger partial charge in [-0.1, -0.05) is 39.7 Å². The van der Waals surface area contributed by atoms with Crippen LogP contribution in [-0.2, 0) is 9.53 Å². The minimum Gasteiger partial charge on any atom is -0.461 e. The van der Waals surface area contributed by atoms with Crippen LogP contribution in [0.4, 0.5) is 0 Å². The van der Waals surface area contributed by atoms with Crippen molar-refractivity contribution in [2.45, 2.75) is 39.5 Å².